The van der Waals surface area contributed by atoms with E-state index in [-0.39, 0.29) is 6.04 Å². The lowest BCUT2D eigenvalue weighted by atomic mass is 9.83. The molecule has 1 atom stereocenters. The first-order valence-corrected chi connectivity index (χ1v) is 10.9. The Balaban J connectivity index is 1.60. The highest BCUT2D eigenvalue weighted by Crippen LogP contribution is 2.37. The average Bonchev–Trinajstić information content (AvgIpc) is 3.06. The van der Waals surface area contributed by atoms with Gasteiger partial charge in [0.2, 0.25) is 0 Å². The van der Waals surface area contributed by atoms with E-state index in [4.69, 9.17) is 23.2 Å². The molecule has 166 valence electrons. The third kappa shape index (κ3) is 3.82. The molecular formula is C22H24Cl2F2N4O. The molecule has 1 aliphatic heterocycles. The Kier molecular flexibility index (Phi) is 6.23. The van der Waals surface area contributed by atoms with Crippen LogP contribution in [-0.2, 0) is 25.5 Å². The second-order valence-corrected chi connectivity index (χ2v) is 8.85. The number of pyridine rings is 1. The van der Waals surface area contributed by atoms with Crippen LogP contribution < -0.4 is 0 Å². The summed E-state index contributed by atoms with van der Waals surface area (Å²) in [6, 6.07) is 5.36. The lowest BCUT2D eigenvalue weighted by Crippen LogP contribution is -2.39. The second kappa shape index (κ2) is 8.62. The van der Waals surface area contributed by atoms with Crippen LogP contribution in [0.4, 0.5) is 8.78 Å². The molecule has 1 aliphatic rings. The lowest BCUT2D eigenvalue weighted by molar-refractivity contribution is -0.0124. The van der Waals surface area contributed by atoms with Crippen LogP contribution in [0.2, 0.25) is 10.2 Å². The Morgan fingerprint density at radius 1 is 1.26 bits per heavy atom. The van der Waals surface area contributed by atoms with Crippen molar-refractivity contribution in [2.75, 3.05) is 26.4 Å². The number of rotatable bonds is 6. The van der Waals surface area contributed by atoms with E-state index in [1.165, 1.54) is 0 Å². The number of nitrogens with zero attached hydrogens (tertiary/aromatic N) is 4. The summed E-state index contributed by atoms with van der Waals surface area (Å²) < 4.78 is 28.5. The van der Waals surface area contributed by atoms with E-state index in [2.05, 4.69) is 21.9 Å². The Morgan fingerprint density at radius 3 is 2.71 bits per heavy atom. The lowest BCUT2D eigenvalue weighted by Gasteiger charge is -2.38. The van der Waals surface area contributed by atoms with E-state index in [9.17, 15) is 13.9 Å². The normalized spacial score (nSPS) is 17.3. The monoisotopic (exact) mass is 468 g/mol. The number of fused-ring (bicyclic) bond motifs is 2. The summed E-state index contributed by atoms with van der Waals surface area (Å²) in [4.78, 5) is 6.63. The number of benzene rings is 1. The van der Waals surface area contributed by atoms with E-state index in [1.54, 1.807) is 30.1 Å². The molecule has 0 unspecified atom stereocenters. The predicted molar refractivity (Wildman–Crippen MR) is 118 cm³/mol. The predicted octanol–water partition coefficient (Wildman–Crippen LogP) is 4.56. The van der Waals surface area contributed by atoms with E-state index in [1.807, 2.05) is 6.07 Å². The minimum atomic E-state index is -2.08. The Bertz CT molecular complexity index is 1120. The highest BCUT2D eigenvalue weighted by molar-refractivity contribution is 6.36. The summed E-state index contributed by atoms with van der Waals surface area (Å²) in [5, 5.41) is 16.3. The molecule has 0 saturated heterocycles. The van der Waals surface area contributed by atoms with Gasteiger partial charge in [-0.05, 0) is 42.0 Å². The number of hydrogen-bond acceptors (Lipinski definition) is 4. The van der Waals surface area contributed by atoms with E-state index in [0.29, 0.717) is 47.3 Å². The van der Waals surface area contributed by atoms with Gasteiger partial charge in [0.05, 0.1) is 10.4 Å². The van der Waals surface area contributed by atoms with Gasteiger partial charge in [-0.15, -0.1) is 0 Å². The van der Waals surface area contributed by atoms with Crippen LogP contribution in [0.25, 0.3) is 11.0 Å². The first-order valence-electron chi connectivity index (χ1n) is 10.2. The molecule has 0 amide bonds. The van der Waals surface area contributed by atoms with Crippen molar-refractivity contribution in [3.63, 3.8) is 0 Å². The molecular weight excluding hydrogens is 445 g/mol. The second-order valence-electron chi connectivity index (χ2n) is 8.08. The number of aryl methyl sites for hydroxylation is 1. The van der Waals surface area contributed by atoms with Crippen molar-refractivity contribution in [3.05, 3.63) is 56.8 Å². The maximum atomic E-state index is 13.4. The standard InChI is InChI=1S/C22H24Cl2F2N4O/c1-13-14-4-3-5-17(22(31,11-25)12-26)15(14)6-8-30(13)9-7-16-18(23)10-27-21-19(16)20(24)28-29(21)2/h3-5,10,13,31H,6-9,11-12H2,1-2H3/t13-/m0/s1. The van der Waals surface area contributed by atoms with Crippen molar-refractivity contribution in [1.82, 2.24) is 19.7 Å². The smallest absolute Gasteiger partial charge is 0.160 e. The van der Waals surface area contributed by atoms with Crippen LogP contribution >= 0.6 is 23.2 Å². The zero-order valence-electron chi connectivity index (χ0n) is 17.4. The number of halogens is 4. The van der Waals surface area contributed by atoms with Crippen molar-refractivity contribution >= 4 is 34.2 Å². The maximum absolute atomic E-state index is 13.4. The van der Waals surface area contributed by atoms with Gasteiger partial charge in [0.25, 0.3) is 0 Å². The maximum Gasteiger partial charge on any atom is 0.160 e. The number of aliphatic hydroxyl groups is 1. The van der Waals surface area contributed by atoms with Gasteiger partial charge in [0.1, 0.15) is 19.0 Å². The van der Waals surface area contributed by atoms with Gasteiger partial charge in [-0.25, -0.2) is 18.4 Å². The Hall–Kier alpha value is -1.80. The van der Waals surface area contributed by atoms with Crippen molar-refractivity contribution in [1.29, 1.82) is 0 Å². The first-order chi connectivity index (χ1) is 14.8. The molecule has 0 spiro atoms. The third-order valence-electron chi connectivity index (χ3n) is 6.32. The van der Waals surface area contributed by atoms with Crippen LogP contribution in [0.15, 0.2) is 24.4 Å². The molecule has 5 nitrogen and oxygen atoms in total. The van der Waals surface area contributed by atoms with Crippen LogP contribution in [0, 0.1) is 0 Å². The highest BCUT2D eigenvalue weighted by atomic mass is 35.5. The molecule has 31 heavy (non-hydrogen) atoms. The summed E-state index contributed by atoms with van der Waals surface area (Å²) in [5.41, 5.74) is 1.67. The molecule has 0 bridgehead atoms. The van der Waals surface area contributed by atoms with Gasteiger partial charge in [-0.2, -0.15) is 5.10 Å². The topological polar surface area (TPSA) is 54.2 Å². The minimum absolute atomic E-state index is 0.0210. The first kappa shape index (κ1) is 22.4. The number of aromatic nitrogens is 3. The summed E-state index contributed by atoms with van der Waals surface area (Å²) >= 11 is 12.8. The van der Waals surface area contributed by atoms with Gasteiger partial charge >= 0.3 is 0 Å². The zero-order chi connectivity index (χ0) is 22.3. The summed E-state index contributed by atoms with van der Waals surface area (Å²) in [7, 11) is 1.79. The molecule has 4 rings (SSSR count). The van der Waals surface area contributed by atoms with Gasteiger partial charge in [-0.3, -0.25) is 4.90 Å². The molecule has 9 heteroatoms. The molecule has 2 aromatic heterocycles. The molecule has 1 aromatic carbocycles. The largest absolute Gasteiger partial charge is 0.380 e. The van der Waals surface area contributed by atoms with Crippen molar-refractivity contribution < 1.29 is 13.9 Å². The Morgan fingerprint density at radius 2 is 2.00 bits per heavy atom. The summed E-state index contributed by atoms with van der Waals surface area (Å²) in [6.45, 7) is 1.17. The molecule has 0 aliphatic carbocycles. The van der Waals surface area contributed by atoms with E-state index < -0.39 is 19.0 Å². The molecule has 3 aromatic rings. The fourth-order valence-electron chi connectivity index (χ4n) is 4.55. The summed E-state index contributed by atoms with van der Waals surface area (Å²) in [5.74, 6) is 0. The molecule has 0 fully saturated rings. The molecule has 0 radical (unpaired) electrons. The zero-order valence-corrected chi connectivity index (χ0v) is 18.9. The van der Waals surface area contributed by atoms with E-state index >= 15 is 0 Å². The van der Waals surface area contributed by atoms with Crippen LogP contribution in [0.3, 0.4) is 0 Å². The van der Waals surface area contributed by atoms with Crippen molar-refractivity contribution in [2.45, 2.75) is 31.4 Å². The van der Waals surface area contributed by atoms with Gasteiger partial charge < -0.3 is 5.11 Å². The molecule has 0 saturated carbocycles. The van der Waals surface area contributed by atoms with Crippen molar-refractivity contribution in [2.24, 2.45) is 7.05 Å². The molecule has 1 N–H and O–H groups in total. The van der Waals surface area contributed by atoms with Gasteiger partial charge in [0, 0.05) is 32.4 Å². The quantitative estimate of drug-likeness (QED) is 0.575. The fourth-order valence-corrected chi connectivity index (χ4v) is 5.10. The third-order valence-corrected chi connectivity index (χ3v) is 6.91. The van der Waals surface area contributed by atoms with Gasteiger partial charge in [-0.1, -0.05) is 41.4 Å². The number of alkyl halides is 2. The van der Waals surface area contributed by atoms with Crippen molar-refractivity contribution in [3.8, 4) is 0 Å². The number of hydrogen-bond donors (Lipinski definition) is 1. The molecule has 3 heterocycles. The van der Waals surface area contributed by atoms with Crippen LogP contribution in [0.5, 0.6) is 0 Å². The van der Waals surface area contributed by atoms with Gasteiger partial charge in [0.15, 0.2) is 10.8 Å². The SMILES string of the molecule is C[C@H]1c2cccc(C(O)(CF)CF)c2CCN1CCc1c(Cl)cnc2c1c(Cl)nn2C. The van der Waals surface area contributed by atoms with Crippen LogP contribution in [-0.4, -0.2) is 51.2 Å². The van der Waals surface area contributed by atoms with Crippen LogP contribution in [0.1, 0.15) is 35.2 Å². The van der Waals surface area contributed by atoms with E-state index in [0.717, 1.165) is 22.1 Å². The minimum Gasteiger partial charge on any atom is -0.380 e. The average molecular weight is 469 g/mol. The fraction of sp³-hybridized carbons (Fsp3) is 0.455. The Labute approximate surface area is 189 Å². The summed E-state index contributed by atoms with van der Waals surface area (Å²) in [6.07, 6.45) is 2.88. The highest BCUT2D eigenvalue weighted by Gasteiger charge is 2.35.